The summed E-state index contributed by atoms with van der Waals surface area (Å²) in [4.78, 5) is 22.6. The van der Waals surface area contributed by atoms with E-state index in [4.69, 9.17) is 0 Å². The number of benzene rings is 1. The van der Waals surface area contributed by atoms with Crippen LogP contribution in [0.15, 0.2) is 27.1 Å². The molecule has 0 aliphatic carbocycles. The fourth-order valence-corrected chi connectivity index (χ4v) is 2.46. The van der Waals surface area contributed by atoms with E-state index in [1.165, 1.54) is 7.11 Å². The predicted molar refractivity (Wildman–Crippen MR) is 70.8 cm³/mol. The van der Waals surface area contributed by atoms with Crippen molar-refractivity contribution < 1.29 is 14.3 Å². The Hall–Kier alpha value is -0.880. The number of rotatable bonds is 4. The average Bonchev–Trinajstić information content (AvgIpc) is 2.27. The molecule has 1 aromatic rings. The minimum absolute atomic E-state index is 0.164. The van der Waals surface area contributed by atoms with Crippen LogP contribution < -0.4 is 5.32 Å². The molecule has 4 nitrogen and oxygen atoms in total. The second kappa shape index (κ2) is 6.76. The van der Waals surface area contributed by atoms with Crippen LogP contribution in [0, 0.1) is 0 Å². The molecule has 0 bridgehead atoms. The Balaban J connectivity index is 2.55. The van der Waals surface area contributed by atoms with Crippen molar-refractivity contribution in [3.8, 4) is 0 Å². The molecule has 0 fully saturated rings. The summed E-state index contributed by atoms with van der Waals surface area (Å²) in [5, 5.41) is 2.64. The third-order valence-corrected chi connectivity index (χ3v) is 2.88. The molecule has 17 heavy (non-hydrogen) atoms. The number of amides is 1. The van der Waals surface area contributed by atoms with Gasteiger partial charge >= 0.3 is 5.97 Å². The monoisotopic (exact) mass is 363 g/mol. The molecule has 0 aromatic heterocycles. The zero-order chi connectivity index (χ0) is 12.8. The summed E-state index contributed by atoms with van der Waals surface area (Å²) >= 11 is 6.60. The van der Waals surface area contributed by atoms with Gasteiger partial charge in [0.1, 0.15) is 0 Å². The van der Waals surface area contributed by atoms with Crippen molar-refractivity contribution in [2.24, 2.45) is 0 Å². The minimum Gasteiger partial charge on any atom is -0.469 e. The van der Waals surface area contributed by atoms with Crippen molar-refractivity contribution in [3.63, 3.8) is 0 Å². The Morgan fingerprint density at radius 2 is 1.82 bits per heavy atom. The third kappa shape index (κ3) is 4.87. The van der Waals surface area contributed by atoms with E-state index in [0.29, 0.717) is 5.56 Å². The Bertz CT molecular complexity index is 414. The molecule has 0 atom stereocenters. The van der Waals surface area contributed by atoms with E-state index in [0.717, 1.165) is 8.95 Å². The highest BCUT2D eigenvalue weighted by Crippen LogP contribution is 2.19. The van der Waals surface area contributed by atoms with Gasteiger partial charge in [0.2, 0.25) is 0 Å². The first-order chi connectivity index (χ1) is 8.02. The van der Waals surface area contributed by atoms with Crippen molar-refractivity contribution in [2.75, 3.05) is 13.7 Å². The van der Waals surface area contributed by atoms with Crippen LogP contribution in [0.25, 0.3) is 0 Å². The Kier molecular flexibility index (Phi) is 5.64. The number of carbonyl (C=O) groups excluding carboxylic acids is 2. The fraction of sp³-hybridized carbons (Fsp3) is 0.273. The SMILES string of the molecule is COC(=O)CCNC(=O)c1cc(Br)cc(Br)c1. The molecular formula is C11H11Br2NO3. The molecule has 0 aliphatic rings. The maximum Gasteiger partial charge on any atom is 0.307 e. The van der Waals surface area contributed by atoms with E-state index in [9.17, 15) is 9.59 Å². The molecule has 0 aliphatic heterocycles. The topological polar surface area (TPSA) is 55.4 Å². The highest BCUT2D eigenvalue weighted by molar-refractivity contribution is 9.11. The summed E-state index contributed by atoms with van der Waals surface area (Å²) < 4.78 is 6.09. The lowest BCUT2D eigenvalue weighted by Crippen LogP contribution is -2.26. The zero-order valence-corrected chi connectivity index (χ0v) is 12.3. The number of carbonyl (C=O) groups is 2. The number of hydrogen-bond acceptors (Lipinski definition) is 3. The lowest BCUT2D eigenvalue weighted by Gasteiger charge is -2.05. The maximum absolute atomic E-state index is 11.7. The number of ether oxygens (including phenoxy) is 1. The second-order valence-electron chi connectivity index (χ2n) is 3.24. The van der Waals surface area contributed by atoms with E-state index in [1.54, 1.807) is 12.1 Å². The third-order valence-electron chi connectivity index (χ3n) is 1.97. The van der Waals surface area contributed by atoms with Crippen molar-refractivity contribution >= 4 is 43.7 Å². The van der Waals surface area contributed by atoms with Gasteiger partial charge in [-0.05, 0) is 18.2 Å². The summed E-state index contributed by atoms with van der Waals surface area (Å²) in [7, 11) is 1.32. The first kappa shape index (κ1) is 14.2. The van der Waals surface area contributed by atoms with Crippen molar-refractivity contribution in [1.82, 2.24) is 5.32 Å². The van der Waals surface area contributed by atoms with Gasteiger partial charge in [-0.1, -0.05) is 31.9 Å². The molecule has 0 radical (unpaired) electrons. The van der Waals surface area contributed by atoms with Gasteiger partial charge < -0.3 is 10.1 Å². The van der Waals surface area contributed by atoms with Crippen molar-refractivity contribution in [1.29, 1.82) is 0 Å². The average molecular weight is 365 g/mol. The van der Waals surface area contributed by atoms with E-state index < -0.39 is 0 Å². The summed E-state index contributed by atoms with van der Waals surface area (Å²) in [5.41, 5.74) is 0.524. The smallest absolute Gasteiger partial charge is 0.307 e. The number of hydrogen-bond donors (Lipinski definition) is 1. The van der Waals surface area contributed by atoms with E-state index in [1.807, 2.05) is 6.07 Å². The van der Waals surface area contributed by atoms with Crippen LogP contribution in [-0.4, -0.2) is 25.5 Å². The second-order valence-corrected chi connectivity index (χ2v) is 5.07. The fourth-order valence-electron chi connectivity index (χ4n) is 1.17. The van der Waals surface area contributed by atoms with Gasteiger partial charge in [0.15, 0.2) is 0 Å². The molecule has 0 spiro atoms. The molecule has 1 amide bonds. The molecule has 1 rings (SSSR count). The van der Waals surface area contributed by atoms with Crippen molar-refractivity contribution in [2.45, 2.75) is 6.42 Å². The zero-order valence-electron chi connectivity index (χ0n) is 9.13. The number of halogens is 2. The molecule has 92 valence electrons. The molecule has 0 saturated heterocycles. The largest absolute Gasteiger partial charge is 0.469 e. The molecule has 0 unspecified atom stereocenters. The molecule has 0 heterocycles. The van der Waals surface area contributed by atoms with E-state index in [2.05, 4.69) is 41.9 Å². The van der Waals surface area contributed by atoms with Crippen LogP contribution in [0.5, 0.6) is 0 Å². The first-order valence-electron chi connectivity index (χ1n) is 4.84. The number of esters is 1. The Labute approximate surface area is 116 Å². The lowest BCUT2D eigenvalue weighted by molar-refractivity contribution is -0.140. The molecule has 1 N–H and O–H groups in total. The minimum atomic E-state index is -0.347. The van der Waals surface area contributed by atoms with E-state index >= 15 is 0 Å². The van der Waals surface area contributed by atoms with Gasteiger partial charge in [-0.15, -0.1) is 0 Å². The van der Waals surface area contributed by atoms with Crippen LogP contribution in [0.2, 0.25) is 0 Å². The van der Waals surface area contributed by atoms with Gasteiger partial charge in [-0.25, -0.2) is 0 Å². The summed E-state index contributed by atoms with van der Waals surface area (Å²) in [6, 6.07) is 5.25. The maximum atomic E-state index is 11.7. The van der Waals surface area contributed by atoms with Crippen LogP contribution in [-0.2, 0) is 9.53 Å². The van der Waals surface area contributed by atoms with Gasteiger partial charge in [-0.2, -0.15) is 0 Å². The predicted octanol–water partition coefficient (Wildman–Crippen LogP) is 2.50. The highest BCUT2D eigenvalue weighted by atomic mass is 79.9. The number of methoxy groups -OCH3 is 1. The van der Waals surface area contributed by atoms with Crippen LogP contribution in [0.3, 0.4) is 0 Å². The Morgan fingerprint density at radius 3 is 2.35 bits per heavy atom. The van der Waals surface area contributed by atoms with Crippen molar-refractivity contribution in [3.05, 3.63) is 32.7 Å². The molecule has 6 heteroatoms. The van der Waals surface area contributed by atoms with Gasteiger partial charge in [-0.3, -0.25) is 9.59 Å². The van der Waals surface area contributed by atoms with Gasteiger partial charge in [0.05, 0.1) is 13.5 Å². The normalized spacial score (nSPS) is 9.82. The molecule has 1 aromatic carbocycles. The Morgan fingerprint density at radius 1 is 1.24 bits per heavy atom. The molecule has 0 saturated carbocycles. The quantitative estimate of drug-likeness (QED) is 0.835. The van der Waals surface area contributed by atoms with Gasteiger partial charge in [0, 0.05) is 21.1 Å². The lowest BCUT2D eigenvalue weighted by atomic mass is 10.2. The van der Waals surface area contributed by atoms with Gasteiger partial charge in [0.25, 0.3) is 5.91 Å². The number of nitrogens with one attached hydrogen (secondary N) is 1. The molecular weight excluding hydrogens is 354 g/mol. The van der Waals surface area contributed by atoms with E-state index in [-0.39, 0.29) is 24.8 Å². The van der Waals surface area contributed by atoms with Crippen LogP contribution >= 0.6 is 31.9 Å². The summed E-state index contributed by atoms with van der Waals surface area (Å²) in [6.07, 6.45) is 0.164. The summed E-state index contributed by atoms with van der Waals surface area (Å²) in [6.45, 7) is 0.260. The summed E-state index contributed by atoms with van der Waals surface area (Å²) in [5.74, 6) is -0.573. The van der Waals surface area contributed by atoms with Crippen LogP contribution in [0.4, 0.5) is 0 Å². The highest BCUT2D eigenvalue weighted by Gasteiger charge is 2.08. The van der Waals surface area contributed by atoms with Crippen LogP contribution in [0.1, 0.15) is 16.8 Å². The standard InChI is InChI=1S/C11H11Br2NO3/c1-17-10(15)2-3-14-11(16)7-4-8(12)6-9(13)5-7/h4-6H,2-3H2,1H3,(H,14,16). The first-order valence-corrected chi connectivity index (χ1v) is 6.42.